The van der Waals surface area contributed by atoms with Crippen molar-refractivity contribution in [2.75, 3.05) is 13.7 Å². The third kappa shape index (κ3) is 5.62. The topological polar surface area (TPSA) is 72.8 Å². The molecule has 20 heavy (non-hydrogen) atoms. The van der Waals surface area contributed by atoms with E-state index in [-0.39, 0.29) is 17.4 Å². The molecule has 0 saturated carbocycles. The third-order valence-electron chi connectivity index (χ3n) is 4.13. The van der Waals surface area contributed by atoms with Crippen molar-refractivity contribution in [3.63, 3.8) is 0 Å². The van der Waals surface area contributed by atoms with Crippen LogP contribution in [0.4, 0.5) is 0 Å². The second-order valence-electron chi connectivity index (χ2n) is 6.77. The number of carbonyl (C=O) groups excluding carboxylic acids is 1. The Balaban J connectivity index is 4.67. The fourth-order valence-corrected chi connectivity index (χ4v) is 2.58. The van der Waals surface area contributed by atoms with Crippen molar-refractivity contribution in [3.05, 3.63) is 0 Å². The molecular formula is C14H28O5Si. The Morgan fingerprint density at radius 3 is 2.10 bits per heavy atom. The fraction of sp³-hybridized carbons (Fsp3) is 0.857. The highest BCUT2D eigenvalue weighted by Gasteiger charge is 2.38. The van der Waals surface area contributed by atoms with Crippen LogP contribution in [0.3, 0.4) is 0 Å². The summed E-state index contributed by atoms with van der Waals surface area (Å²) in [4.78, 5) is 22.5. The molecule has 118 valence electrons. The van der Waals surface area contributed by atoms with Crippen LogP contribution in [-0.4, -0.2) is 39.1 Å². The van der Waals surface area contributed by atoms with Crippen molar-refractivity contribution in [1.29, 1.82) is 0 Å². The number of ether oxygens (including phenoxy) is 1. The summed E-state index contributed by atoms with van der Waals surface area (Å²) in [5.41, 5.74) is 0. The number of hydrogen-bond acceptors (Lipinski definition) is 4. The summed E-state index contributed by atoms with van der Waals surface area (Å²) in [7, 11) is -0.644. The molecule has 0 aliphatic heterocycles. The van der Waals surface area contributed by atoms with Gasteiger partial charge in [0.05, 0.1) is 19.4 Å². The molecule has 0 aliphatic rings. The number of methoxy groups -OCH3 is 1. The van der Waals surface area contributed by atoms with Gasteiger partial charge in [-0.15, -0.1) is 0 Å². The predicted octanol–water partition coefficient (Wildman–Crippen LogP) is 2.91. The van der Waals surface area contributed by atoms with Gasteiger partial charge in [-0.1, -0.05) is 27.7 Å². The minimum Gasteiger partial charge on any atom is -0.481 e. The second kappa shape index (κ2) is 7.22. The van der Waals surface area contributed by atoms with Crippen molar-refractivity contribution in [1.82, 2.24) is 0 Å². The van der Waals surface area contributed by atoms with Gasteiger partial charge in [-0.2, -0.15) is 0 Å². The van der Waals surface area contributed by atoms with E-state index in [0.29, 0.717) is 6.61 Å². The van der Waals surface area contributed by atoms with Crippen molar-refractivity contribution < 1.29 is 23.9 Å². The van der Waals surface area contributed by atoms with Gasteiger partial charge in [-0.05, 0) is 24.1 Å². The first kappa shape index (κ1) is 19.1. The Labute approximate surface area is 122 Å². The smallest absolute Gasteiger partial charge is 0.307 e. The molecule has 0 fully saturated rings. The molecule has 2 atom stereocenters. The first-order chi connectivity index (χ1) is 8.92. The van der Waals surface area contributed by atoms with Crippen molar-refractivity contribution >= 4 is 20.3 Å². The molecule has 0 radical (unpaired) electrons. The molecule has 6 heteroatoms. The monoisotopic (exact) mass is 304 g/mol. The average Bonchev–Trinajstić information content (AvgIpc) is 2.30. The lowest BCUT2D eigenvalue weighted by Crippen LogP contribution is -2.42. The van der Waals surface area contributed by atoms with E-state index in [1.165, 1.54) is 7.11 Å². The predicted molar refractivity (Wildman–Crippen MR) is 80.1 cm³/mol. The zero-order valence-electron chi connectivity index (χ0n) is 13.6. The number of hydrogen-bond donors (Lipinski definition) is 1. The van der Waals surface area contributed by atoms with E-state index in [1.807, 2.05) is 0 Å². The van der Waals surface area contributed by atoms with Gasteiger partial charge in [-0.3, -0.25) is 9.59 Å². The van der Waals surface area contributed by atoms with Crippen LogP contribution in [0.15, 0.2) is 0 Å². The quantitative estimate of drug-likeness (QED) is 0.578. The van der Waals surface area contributed by atoms with E-state index in [0.717, 1.165) is 0 Å². The lowest BCUT2D eigenvalue weighted by molar-refractivity contribution is -0.152. The lowest BCUT2D eigenvalue weighted by atomic mass is 9.92. The lowest BCUT2D eigenvalue weighted by Gasteiger charge is -2.37. The third-order valence-corrected chi connectivity index (χ3v) is 8.63. The van der Waals surface area contributed by atoms with Gasteiger partial charge in [0.25, 0.3) is 0 Å². The normalized spacial score (nSPS) is 15.6. The molecule has 0 spiro atoms. The van der Waals surface area contributed by atoms with Gasteiger partial charge in [0.1, 0.15) is 0 Å². The van der Waals surface area contributed by atoms with E-state index in [4.69, 9.17) is 4.43 Å². The molecule has 0 aliphatic carbocycles. The highest BCUT2D eigenvalue weighted by molar-refractivity contribution is 6.74. The fourth-order valence-electron chi connectivity index (χ4n) is 1.47. The summed E-state index contributed by atoms with van der Waals surface area (Å²) in [6, 6.07) is 0. The summed E-state index contributed by atoms with van der Waals surface area (Å²) in [6.45, 7) is 12.8. The molecule has 0 bridgehead atoms. The zero-order valence-corrected chi connectivity index (χ0v) is 14.6. The van der Waals surface area contributed by atoms with Crippen LogP contribution in [0.1, 0.15) is 34.1 Å². The Kier molecular flexibility index (Phi) is 6.90. The van der Waals surface area contributed by atoms with Crippen molar-refractivity contribution in [2.45, 2.75) is 52.2 Å². The maximum Gasteiger partial charge on any atom is 0.307 e. The minimum absolute atomic E-state index is 0.0772. The highest BCUT2D eigenvalue weighted by Crippen LogP contribution is 2.37. The van der Waals surface area contributed by atoms with Crippen LogP contribution in [0.5, 0.6) is 0 Å². The second-order valence-corrected chi connectivity index (χ2v) is 11.6. The summed E-state index contributed by atoms with van der Waals surface area (Å²) >= 11 is 0. The molecule has 0 rings (SSSR count). The molecule has 1 N–H and O–H groups in total. The molecule has 0 amide bonds. The molecule has 0 saturated heterocycles. The van der Waals surface area contributed by atoms with Gasteiger partial charge in [-0.25, -0.2) is 0 Å². The zero-order chi connectivity index (χ0) is 16.1. The molecule has 0 aromatic heterocycles. The summed E-state index contributed by atoms with van der Waals surface area (Å²) in [5.74, 6) is -2.49. The van der Waals surface area contributed by atoms with E-state index < -0.39 is 26.2 Å². The first-order valence-electron chi connectivity index (χ1n) is 6.86. The van der Waals surface area contributed by atoms with Crippen LogP contribution < -0.4 is 0 Å². The Morgan fingerprint density at radius 2 is 1.75 bits per heavy atom. The van der Waals surface area contributed by atoms with Gasteiger partial charge < -0.3 is 14.3 Å². The van der Waals surface area contributed by atoms with Crippen LogP contribution in [0, 0.1) is 11.8 Å². The standard InChI is InChI=1S/C14H28O5Si/c1-10(9-19-20(6,7)14(2,3)4)11(13(16)17)8-12(15)18-5/h10-11H,8-9H2,1-7H3,(H,16,17)/t10?,11-/m0/s1. The number of carboxylic acids is 1. The van der Waals surface area contributed by atoms with Gasteiger partial charge in [0, 0.05) is 6.61 Å². The maximum absolute atomic E-state index is 11.3. The summed E-state index contributed by atoms with van der Waals surface area (Å²) < 4.78 is 10.6. The van der Waals surface area contributed by atoms with E-state index in [9.17, 15) is 14.7 Å². The Bertz CT molecular complexity index is 346. The molecule has 1 unspecified atom stereocenters. The molecule has 5 nitrogen and oxygen atoms in total. The summed E-state index contributed by atoms with van der Waals surface area (Å²) in [5, 5.41) is 9.30. The number of esters is 1. The van der Waals surface area contributed by atoms with Gasteiger partial charge in [0.15, 0.2) is 8.32 Å². The number of rotatable bonds is 7. The molecular weight excluding hydrogens is 276 g/mol. The van der Waals surface area contributed by atoms with E-state index in [2.05, 4.69) is 38.6 Å². The molecule has 0 aromatic rings. The largest absolute Gasteiger partial charge is 0.481 e. The van der Waals surface area contributed by atoms with Crippen molar-refractivity contribution in [2.24, 2.45) is 11.8 Å². The van der Waals surface area contributed by atoms with Gasteiger partial charge in [0.2, 0.25) is 0 Å². The maximum atomic E-state index is 11.3. The first-order valence-corrected chi connectivity index (χ1v) is 9.76. The number of carboxylic acid groups (broad SMARTS) is 1. The Hall–Kier alpha value is -0.883. The Morgan fingerprint density at radius 1 is 1.25 bits per heavy atom. The number of carbonyl (C=O) groups is 2. The van der Waals surface area contributed by atoms with Gasteiger partial charge >= 0.3 is 11.9 Å². The minimum atomic E-state index is -1.91. The van der Waals surface area contributed by atoms with Crippen molar-refractivity contribution in [3.8, 4) is 0 Å². The van der Waals surface area contributed by atoms with Crippen LogP contribution >= 0.6 is 0 Å². The van der Waals surface area contributed by atoms with E-state index >= 15 is 0 Å². The highest BCUT2D eigenvalue weighted by atomic mass is 28.4. The van der Waals surface area contributed by atoms with E-state index in [1.54, 1.807) is 6.92 Å². The van der Waals surface area contributed by atoms with Crippen LogP contribution in [0.2, 0.25) is 18.1 Å². The molecule has 0 heterocycles. The number of aliphatic carboxylic acids is 1. The summed E-state index contributed by atoms with van der Waals surface area (Å²) in [6.07, 6.45) is -0.117. The van der Waals surface area contributed by atoms with Crippen LogP contribution in [0.25, 0.3) is 0 Å². The molecule has 0 aromatic carbocycles. The average molecular weight is 304 g/mol. The SMILES string of the molecule is COC(=O)C[C@H](C(=O)O)C(C)CO[Si](C)(C)C(C)(C)C. The van der Waals surface area contributed by atoms with Crippen LogP contribution in [-0.2, 0) is 18.8 Å².